The van der Waals surface area contributed by atoms with Gasteiger partial charge in [0, 0.05) is 24.5 Å². The average molecular weight is 320 g/mol. The molecule has 0 fully saturated rings. The second-order valence-corrected chi connectivity index (χ2v) is 6.50. The van der Waals surface area contributed by atoms with Crippen LogP contribution in [0.3, 0.4) is 0 Å². The van der Waals surface area contributed by atoms with Gasteiger partial charge >= 0.3 is 0 Å². The number of nitrogens with one attached hydrogen (secondary N) is 1. The lowest BCUT2D eigenvalue weighted by Gasteiger charge is -2.17. The summed E-state index contributed by atoms with van der Waals surface area (Å²) in [5.74, 6) is 0. The van der Waals surface area contributed by atoms with Gasteiger partial charge in [0.1, 0.15) is 5.69 Å². The fraction of sp³-hybridized carbons (Fsp3) is 0.286. The van der Waals surface area contributed by atoms with Crippen LogP contribution in [0.1, 0.15) is 40.4 Å². The Labute approximate surface area is 143 Å². The molecule has 0 radical (unpaired) electrons. The highest BCUT2D eigenvalue weighted by Crippen LogP contribution is 2.23. The van der Waals surface area contributed by atoms with Crippen LogP contribution in [0.5, 0.6) is 0 Å². The molecule has 2 aromatic heterocycles. The van der Waals surface area contributed by atoms with E-state index in [0.717, 1.165) is 29.8 Å². The van der Waals surface area contributed by atoms with Gasteiger partial charge in [-0.05, 0) is 56.0 Å². The van der Waals surface area contributed by atoms with Gasteiger partial charge in [-0.15, -0.1) is 0 Å². The first-order valence-corrected chi connectivity index (χ1v) is 8.44. The zero-order valence-electron chi connectivity index (χ0n) is 14.8. The minimum atomic E-state index is -0.0275. The van der Waals surface area contributed by atoms with Crippen LogP contribution in [0, 0.1) is 20.8 Å². The Bertz CT molecular complexity index is 898. The smallest absolute Gasteiger partial charge is 0.272 e. The molecule has 0 saturated heterocycles. The Hall–Kier alpha value is -2.55. The molecule has 1 aromatic carbocycles. The number of hydrogen-bond donors (Lipinski definition) is 1. The van der Waals surface area contributed by atoms with E-state index in [1.54, 1.807) is 0 Å². The first-order valence-electron chi connectivity index (χ1n) is 8.44. The average Bonchev–Trinajstić information content (AvgIpc) is 3.00. The molecular formula is C21H24N2O. The first-order chi connectivity index (χ1) is 11.5. The Morgan fingerprint density at radius 3 is 2.17 bits per heavy atom. The molecular weight excluding hydrogens is 296 g/mol. The molecule has 2 heterocycles. The first kappa shape index (κ1) is 16.3. The molecule has 0 bridgehead atoms. The van der Waals surface area contributed by atoms with Crippen LogP contribution in [-0.4, -0.2) is 9.55 Å². The van der Waals surface area contributed by atoms with E-state index >= 15 is 0 Å². The van der Waals surface area contributed by atoms with Crippen molar-refractivity contribution in [1.29, 1.82) is 0 Å². The number of hydrogen-bond acceptors (Lipinski definition) is 1. The van der Waals surface area contributed by atoms with E-state index in [1.807, 2.05) is 36.0 Å². The summed E-state index contributed by atoms with van der Waals surface area (Å²) in [7, 11) is 0. The molecule has 124 valence electrons. The van der Waals surface area contributed by atoms with Crippen LogP contribution < -0.4 is 5.56 Å². The molecule has 0 aliphatic heterocycles. The standard InChI is InChI=1S/C21H24N2O/c1-5-18-16(4)22-21(24)20(23-8-6-7-9-23)19(18)13-17-11-14(2)10-15(3)12-17/h6-12H,5,13H2,1-4H3,(H,22,24). The molecule has 0 amide bonds. The second kappa shape index (κ2) is 6.52. The lowest BCUT2D eigenvalue weighted by Crippen LogP contribution is -2.21. The van der Waals surface area contributed by atoms with E-state index in [-0.39, 0.29) is 5.56 Å². The van der Waals surface area contributed by atoms with Gasteiger partial charge in [0.25, 0.3) is 5.56 Å². The summed E-state index contributed by atoms with van der Waals surface area (Å²) in [4.78, 5) is 15.7. The molecule has 3 rings (SSSR count). The highest BCUT2D eigenvalue weighted by Gasteiger charge is 2.16. The second-order valence-electron chi connectivity index (χ2n) is 6.50. The maximum Gasteiger partial charge on any atom is 0.272 e. The molecule has 0 spiro atoms. The van der Waals surface area contributed by atoms with E-state index in [2.05, 4.69) is 44.0 Å². The van der Waals surface area contributed by atoms with E-state index in [1.165, 1.54) is 22.3 Å². The molecule has 0 saturated carbocycles. The van der Waals surface area contributed by atoms with Crippen molar-refractivity contribution in [3.63, 3.8) is 0 Å². The summed E-state index contributed by atoms with van der Waals surface area (Å²) in [5.41, 5.74) is 7.80. The topological polar surface area (TPSA) is 37.8 Å². The van der Waals surface area contributed by atoms with Crippen LogP contribution in [0.15, 0.2) is 47.5 Å². The van der Waals surface area contributed by atoms with Crippen LogP contribution in [-0.2, 0) is 12.8 Å². The van der Waals surface area contributed by atoms with Gasteiger partial charge in [0.2, 0.25) is 0 Å². The Morgan fingerprint density at radius 2 is 1.58 bits per heavy atom. The molecule has 3 nitrogen and oxygen atoms in total. The van der Waals surface area contributed by atoms with Crippen LogP contribution in [0.2, 0.25) is 0 Å². The van der Waals surface area contributed by atoms with Crippen molar-refractivity contribution >= 4 is 0 Å². The van der Waals surface area contributed by atoms with Crippen molar-refractivity contribution in [3.05, 3.63) is 86.6 Å². The summed E-state index contributed by atoms with van der Waals surface area (Å²) >= 11 is 0. The van der Waals surface area contributed by atoms with Crippen molar-refractivity contribution in [2.24, 2.45) is 0 Å². The van der Waals surface area contributed by atoms with Gasteiger partial charge in [0.15, 0.2) is 0 Å². The number of aromatic nitrogens is 2. The molecule has 0 atom stereocenters. The highest BCUT2D eigenvalue weighted by molar-refractivity contribution is 5.49. The van der Waals surface area contributed by atoms with Crippen molar-refractivity contribution in [1.82, 2.24) is 9.55 Å². The van der Waals surface area contributed by atoms with Gasteiger partial charge in [-0.3, -0.25) is 4.79 Å². The quantitative estimate of drug-likeness (QED) is 0.767. The van der Waals surface area contributed by atoms with Gasteiger partial charge in [-0.25, -0.2) is 0 Å². The SMILES string of the molecule is CCc1c(C)[nH]c(=O)c(-n2cccc2)c1Cc1cc(C)cc(C)c1. The predicted octanol–water partition coefficient (Wildman–Crippen LogP) is 4.24. The molecule has 0 aliphatic carbocycles. The van der Waals surface area contributed by atoms with E-state index < -0.39 is 0 Å². The summed E-state index contributed by atoms with van der Waals surface area (Å²) in [6.45, 7) is 8.37. The van der Waals surface area contributed by atoms with E-state index in [9.17, 15) is 4.79 Å². The van der Waals surface area contributed by atoms with E-state index in [4.69, 9.17) is 0 Å². The number of aromatic amines is 1. The molecule has 24 heavy (non-hydrogen) atoms. The zero-order valence-corrected chi connectivity index (χ0v) is 14.8. The third kappa shape index (κ3) is 3.07. The Morgan fingerprint density at radius 1 is 0.958 bits per heavy atom. The normalized spacial score (nSPS) is 11.0. The van der Waals surface area contributed by atoms with Crippen molar-refractivity contribution in [3.8, 4) is 5.69 Å². The van der Waals surface area contributed by atoms with E-state index in [0.29, 0.717) is 0 Å². The zero-order chi connectivity index (χ0) is 17.3. The maximum atomic E-state index is 12.7. The monoisotopic (exact) mass is 320 g/mol. The van der Waals surface area contributed by atoms with Crippen molar-refractivity contribution in [2.75, 3.05) is 0 Å². The molecule has 0 aliphatic rings. The molecule has 3 aromatic rings. The van der Waals surface area contributed by atoms with Gasteiger partial charge < -0.3 is 9.55 Å². The Balaban J connectivity index is 2.22. The fourth-order valence-corrected chi connectivity index (χ4v) is 3.61. The number of aryl methyl sites for hydroxylation is 3. The number of nitrogens with zero attached hydrogens (tertiary/aromatic N) is 1. The lowest BCUT2D eigenvalue weighted by atomic mass is 9.94. The molecule has 0 unspecified atom stereocenters. The largest absolute Gasteiger partial charge is 0.324 e. The third-order valence-electron chi connectivity index (χ3n) is 4.50. The molecule has 1 N–H and O–H groups in total. The van der Waals surface area contributed by atoms with Gasteiger partial charge in [-0.2, -0.15) is 0 Å². The highest BCUT2D eigenvalue weighted by atomic mass is 16.1. The fourth-order valence-electron chi connectivity index (χ4n) is 3.61. The number of rotatable bonds is 4. The predicted molar refractivity (Wildman–Crippen MR) is 99.2 cm³/mol. The minimum absolute atomic E-state index is 0.0275. The molecule has 3 heteroatoms. The summed E-state index contributed by atoms with van der Waals surface area (Å²) in [5, 5.41) is 0. The van der Waals surface area contributed by atoms with Crippen LogP contribution in [0.25, 0.3) is 5.69 Å². The van der Waals surface area contributed by atoms with Crippen LogP contribution >= 0.6 is 0 Å². The number of benzene rings is 1. The van der Waals surface area contributed by atoms with Gasteiger partial charge in [-0.1, -0.05) is 36.2 Å². The lowest BCUT2D eigenvalue weighted by molar-refractivity contribution is 0.918. The van der Waals surface area contributed by atoms with Crippen molar-refractivity contribution in [2.45, 2.75) is 40.5 Å². The number of H-pyrrole nitrogens is 1. The summed E-state index contributed by atoms with van der Waals surface area (Å²) in [6, 6.07) is 10.5. The van der Waals surface area contributed by atoms with Gasteiger partial charge in [0.05, 0.1) is 0 Å². The Kier molecular flexibility index (Phi) is 4.43. The maximum absolute atomic E-state index is 12.7. The third-order valence-corrected chi connectivity index (χ3v) is 4.50. The van der Waals surface area contributed by atoms with Crippen molar-refractivity contribution < 1.29 is 0 Å². The minimum Gasteiger partial charge on any atom is -0.324 e. The van der Waals surface area contributed by atoms with Crippen LogP contribution in [0.4, 0.5) is 0 Å². The number of pyridine rings is 1. The summed E-state index contributed by atoms with van der Waals surface area (Å²) < 4.78 is 1.93. The summed E-state index contributed by atoms with van der Waals surface area (Å²) in [6.07, 6.45) is 5.54.